The molecule has 0 unspecified atom stereocenters. The van der Waals surface area contributed by atoms with E-state index < -0.39 is 5.82 Å². The van der Waals surface area contributed by atoms with Crippen molar-refractivity contribution in [3.8, 4) is 0 Å². The number of benzene rings is 1. The van der Waals surface area contributed by atoms with Crippen LogP contribution in [0.4, 0.5) is 4.39 Å². The highest BCUT2D eigenvalue weighted by Crippen LogP contribution is 2.26. The summed E-state index contributed by atoms with van der Waals surface area (Å²) in [6.07, 6.45) is 1.80. The summed E-state index contributed by atoms with van der Waals surface area (Å²) in [5.74, 6) is -0.677. The standard InChI is InChI=1S/C13H15BrClFN2O.ClH/c1-17-8-2-4-18(5-3-8)13(19)9-6-12(16)10(14)7-11(9)15;/h6-8,17H,2-5H2,1H3;1H. The molecule has 1 heterocycles. The monoisotopic (exact) mass is 384 g/mol. The maximum Gasteiger partial charge on any atom is 0.255 e. The van der Waals surface area contributed by atoms with E-state index >= 15 is 0 Å². The van der Waals surface area contributed by atoms with Crippen molar-refractivity contribution in [2.45, 2.75) is 18.9 Å². The predicted octanol–water partition coefficient (Wildman–Crippen LogP) is 3.49. The molecule has 112 valence electrons. The summed E-state index contributed by atoms with van der Waals surface area (Å²) in [5.41, 5.74) is 0.227. The van der Waals surface area contributed by atoms with Gasteiger partial charge in [0.2, 0.25) is 0 Å². The normalized spacial score (nSPS) is 15.9. The molecule has 0 aliphatic carbocycles. The molecule has 1 saturated heterocycles. The number of carbonyl (C=O) groups is 1. The van der Waals surface area contributed by atoms with Crippen molar-refractivity contribution in [1.29, 1.82) is 0 Å². The minimum absolute atomic E-state index is 0. The van der Waals surface area contributed by atoms with Gasteiger partial charge in [-0.3, -0.25) is 4.79 Å². The summed E-state index contributed by atoms with van der Waals surface area (Å²) >= 11 is 9.06. The van der Waals surface area contributed by atoms with E-state index in [1.807, 2.05) is 7.05 Å². The van der Waals surface area contributed by atoms with Gasteiger partial charge in [0, 0.05) is 19.1 Å². The van der Waals surface area contributed by atoms with E-state index in [0.29, 0.717) is 19.1 Å². The molecule has 3 nitrogen and oxygen atoms in total. The number of nitrogens with one attached hydrogen (secondary N) is 1. The summed E-state index contributed by atoms with van der Waals surface area (Å²) < 4.78 is 13.8. The molecule has 0 atom stereocenters. The summed E-state index contributed by atoms with van der Waals surface area (Å²) in [4.78, 5) is 14.0. The molecule has 1 aliphatic rings. The lowest BCUT2D eigenvalue weighted by Gasteiger charge is -2.32. The molecule has 1 aromatic rings. The van der Waals surface area contributed by atoms with Crippen LogP contribution < -0.4 is 5.32 Å². The van der Waals surface area contributed by atoms with Gasteiger partial charge < -0.3 is 10.2 Å². The first-order valence-corrected chi connectivity index (χ1v) is 7.31. The SMILES string of the molecule is CNC1CCN(C(=O)c2cc(F)c(Br)cc2Cl)CC1.Cl. The second kappa shape index (κ2) is 7.59. The van der Waals surface area contributed by atoms with Gasteiger partial charge in [-0.05, 0) is 48.0 Å². The molecule has 1 fully saturated rings. The molecule has 0 spiro atoms. The number of nitrogens with zero attached hydrogens (tertiary/aromatic N) is 1. The largest absolute Gasteiger partial charge is 0.338 e. The Hall–Kier alpha value is -0.360. The number of amides is 1. The first kappa shape index (κ1) is 17.7. The molecule has 7 heteroatoms. The quantitative estimate of drug-likeness (QED) is 0.790. The number of halogens is 4. The molecule has 1 N–H and O–H groups in total. The first-order chi connectivity index (χ1) is 9.02. The van der Waals surface area contributed by atoms with Crippen molar-refractivity contribution in [1.82, 2.24) is 10.2 Å². The van der Waals surface area contributed by atoms with E-state index in [4.69, 9.17) is 11.6 Å². The summed E-state index contributed by atoms with van der Waals surface area (Å²) in [5, 5.41) is 3.47. The molecule has 0 radical (unpaired) electrons. The Morgan fingerprint density at radius 1 is 1.45 bits per heavy atom. The second-order valence-corrected chi connectivity index (χ2v) is 5.86. The molecule has 1 amide bonds. The molecule has 1 aromatic carbocycles. The number of piperidine rings is 1. The van der Waals surface area contributed by atoms with E-state index in [9.17, 15) is 9.18 Å². The Morgan fingerprint density at radius 2 is 2.05 bits per heavy atom. The van der Waals surface area contributed by atoms with E-state index in [2.05, 4.69) is 21.2 Å². The van der Waals surface area contributed by atoms with Gasteiger partial charge in [0.15, 0.2) is 0 Å². The van der Waals surface area contributed by atoms with Crippen LogP contribution in [0.2, 0.25) is 5.02 Å². The Morgan fingerprint density at radius 3 is 2.60 bits per heavy atom. The molecular formula is C13H16BrCl2FN2O. The third-order valence-electron chi connectivity index (χ3n) is 3.43. The van der Waals surface area contributed by atoms with E-state index in [0.717, 1.165) is 12.8 Å². The van der Waals surface area contributed by atoms with Gasteiger partial charge in [0.05, 0.1) is 15.1 Å². The van der Waals surface area contributed by atoms with Crippen molar-refractivity contribution >= 4 is 45.8 Å². The van der Waals surface area contributed by atoms with Crippen LogP contribution in [0.1, 0.15) is 23.2 Å². The Kier molecular flexibility index (Phi) is 6.72. The number of rotatable bonds is 2. The minimum atomic E-state index is -0.474. The Balaban J connectivity index is 0.00000200. The van der Waals surface area contributed by atoms with Crippen LogP contribution in [-0.4, -0.2) is 37.0 Å². The summed E-state index contributed by atoms with van der Waals surface area (Å²) in [6, 6.07) is 3.06. The highest BCUT2D eigenvalue weighted by molar-refractivity contribution is 9.10. The average molecular weight is 386 g/mol. The maximum absolute atomic E-state index is 13.5. The first-order valence-electron chi connectivity index (χ1n) is 6.14. The minimum Gasteiger partial charge on any atom is -0.338 e. The second-order valence-electron chi connectivity index (χ2n) is 4.60. The fourth-order valence-electron chi connectivity index (χ4n) is 2.23. The maximum atomic E-state index is 13.5. The van der Waals surface area contributed by atoms with Crippen molar-refractivity contribution < 1.29 is 9.18 Å². The molecule has 0 saturated carbocycles. The molecule has 2 rings (SSSR count). The zero-order valence-corrected chi connectivity index (χ0v) is 14.1. The lowest BCUT2D eigenvalue weighted by molar-refractivity contribution is 0.0707. The van der Waals surface area contributed by atoms with Crippen LogP contribution in [0, 0.1) is 5.82 Å². The van der Waals surface area contributed by atoms with Crippen LogP contribution in [0.3, 0.4) is 0 Å². The molecular weight excluding hydrogens is 370 g/mol. The lowest BCUT2D eigenvalue weighted by atomic mass is 10.0. The van der Waals surface area contributed by atoms with Gasteiger partial charge in [0.25, 0.3) is 5.91 Å². The van der Waals surface area contributed by atoms with Crippen LogP contribution >= 0.6 is 39.9 Å². The summed E-state index contributed by atoms with van der Waals surface area (Å²) in [7, 11) is 1.92. The topological polar surface area (TPSA) is 32.3 Å². The fourth-order valence-corrected chi connectivity index (χ4v) is 2.95. The van der Waals surface area contributed by atoms with Gasteiger partial charge in [-0.1, -0.05) is 11.6 Å². The highest BCUT2D eigenvalue weighted by atomic mass is 79.9. The van der Waals surface area contributed by atoms with Crippen LogP contribution in [0.15, 0.2) is 16.6 Å². The third-order valence-corrected chi connectivity index (χ3v) is 4.35. The van der Waals surface area contributed by atoms with E-state index in [1.165, 1.54) is 12.1 Å². The number of carbonyl (C=O) groups excluding carboxylic acids is 1. The fraction of sp³-hybridized carbons (Fsp3) is 0.462. The van der Waals surface area contributed by atoms with Gasteiger partial charge >= 0.3 is 0 Å². The Bertz CT molecular complexity index is 494. The van der Waals surface area contributed by atoms with E-state index in [1.54, 1.807) is 4.90 Å². The molecule has 0 bridgehead atoms. The smallest absolute Gasteiger partial charge is 0.255 e. The zero-order chi connectivity index (χ0) is 14.0. The van der Waals surface area contributed by atoms with Crippen molar-refractivity contribution in [2.24, 2.45) is 0 Å². The van der Waals surface area contributed by atoms with Gasteiger partial charge in [-0.15, -0.1) is 12.4 Å². The average Bonchev–Trinajstić information content (AvgIpc) is 2.42. The number of likely N-dealkylation sites (tertiary alicyclic amines) is 1. The molecule has 20 heavy (non-hydrogen) atoms. The zero-order valence-electron chi connectivity index (χ0n) is 11.0. The van der Waals surface area contributed by atoms with Gasteiger partial charge in [-0.25, -0.2) is 4.39 Å². The van der Waals surface area contributed by atoms with Crippen molar-refractivity contribution in [2.75, 3.05) is 20.1 Å². The van der Waals surface area contributed by atoms with E-state index in [-0.39, 0.29) is 33.4 Å². The van der Waals surface area contributed by atoms with Crippen LogP contribution in [0.5, 0.6) is 0 Å². The van der Waals surface area contributed by atoms with Crippen LogP contribution in [0.25, 0.3) is 0 Å². The molecule has 0 aromatic heterocycles. The van der Waals surface area contributed by atoms with Crippen molar-refractivity contribution in [3.05, 3.63) is 33.0 Å². The predicted molar refractivity (Wildman–Crippen MR) is 84.3 cm³/mol. The summed E-state index contributed by atoms with van der Waals surface area (Å²) in [6.45, 7) is 1.33. The Labute approximate surface area is 137 Å². The number of hydrogen-bond acceptors (Lipinski definition) is 2. The van der Waals surface area contributed by atoms with Gasteiger partial charge in [0.1, 0.15) is 5.82 Å². The molecule has 1 aliphatic heterocycles. The van der Waals surface area contributed by atoms with Crippen molar-refractivity contribution in [3.63, 3.8) is 0 Å². The lowest BCUT2D eigenvalue weighted by Crippen LogP contribution is -2.44. The third kappa shape index (κ3) is 3.85. The van der Waals surface area contributed by atoms with Crippen LogP contribution in [-0.2, 0) is 0 Å². The van der Waals surface area contributed by atoms with Gasteiger partial charge in [-0.2, -0.15) is 0 Å². The highest BCUT2D eigenvalue weighted by Gasteiger charge is 2.24. The number of hydrogen-bond donors (Lipinski definition) is 1.